The molecule has 0 aromatic carbocycles. The van der Waals surface area contributed by atoms with Crippen molar-refractivity contribution in [2.24, 2.45) is 0 Å². The molecule has 0 amide bonds. The molecular formula is C16H27NO3. The Morgan fingerprint density at radius 1 is 1.50 bits per heavy atom. The zero-order chi connectivity index (χ0) is 14.3. The number of nitrogens with one attached hydrogen (secondary N) is 1. The van der Waals surface area contributed by atoms with Crippen LogP contribution in [0.5, 0.6) is 0 Å². The largest absolute Gasteiger partial charge is 0.467 e. The van der Waals surface area contributed by atoms with Gasteiger partial charge in [-0.2, -0.15) is 0 Å². The molecule has 114 valence electrons. The van der Waals surface area contributed by atoms with E-state index in [0.29, 0.717) is 12.6 Å². The lowest BCUT2D eigenvalue weighted by atomic mass is 9.90. The van der Waals surface area contributed by atoms with E-state index in [1.807, 2.05) is 12.1 Å². The van der Waals surface area contributed by atoms with E-state index in [1.54, 1.807) is 6.26 Å². The molecule has 0 spiro atoms. The minimum atomic E-state index is 0.0612. The van der Waals surface area contributed by atoms with E-state index in [1.165, 1.54) is 0 Å². The second kappa shape index (κ2) is 7.81. The number of furan rings is 1. The van der Waals surface area contributed by atoms with Crippen LogP contribution in [0.25, 0.3) is 0 Å². The Kier molecular flexibility index (Phi) is 6.07. The summed E-state index contributed by atoms with van der Waals surface area (Å²) in [7, 11) is 0. The van der Waals surface area contributed by atoms with Gasteiger partial charge in [0.2, 0.25) is 0 Å². The zero-order valence-electron chi connectivity index (χ0n) is 12.7. The summed E-state index contributed by atoms with van der Waals surface area (Å²) >= 11 is 0. The quantitative estimate of drug-likeness (QED) is 0.744. The predicted molar refractivity (Wildman–Crippen MR) is 78.7 cm³/mol. The van der Waals surface area contributed by atoms with E-state index in [2.05, 4.69) is 19.2 Å². The summed E-state index contributed by atoms with van der Waals surface area (Å²) in [6.07, 6.45) is 6.01. The molecular weight excluding hydrogens is 254 g/mol. The van der Waals surface area contributed by atoms with Crippen LogP contribution in [0.2, 0.25) is 0 Å². The molecule has 1 aromatic rings. The van der Waals surface area contributed by atoms with Crippen LogP contribution in [0.4, 0.5) is 0 Å². The van der Waals surface area contributed by atoms with Crippen LogP contribution in [-0.2, 0) is 16.1 Å². The molecule has 0 saturated carbocycles. The van der Waals surface area contributed by atoms with Gasteiger partial charge in [0.25, 0.3) is 0 Å². The lowest BCUT2D eigenvalue weighted by Crippen LogP contribution is -2.45. The fourth-order valence-electron chi connectivity index (χ4n) is 2.60. The highest BCUT2D eigenvalue weighted by molar-refractivity contribution is 4.96. The predicted octanol–water partition coefficient (Wildman–Crippen LogP) is 3.12. The van der Waals surface area contributed by atoms with Crippen molar-refractivity contribution in [3.63, 3.8) is 0 Å². The molecule has 2 unspecified atom stereocenters. The molecule has 1 aliphatic heterocycles. The van der Waals surface area contributed by atoms with E-state index in [9.17, 15) is 0 Å². The second-order valence-electron chi connectivity index (χ2n) is 5.78. The summed E-state index contributed by atoms with van der Waals surface area (Å²) in [6.45, 7) is 7.62. The Balaban J connectivity index is 1.52. The average Bonchev–Trinajstić information content (AvgIpc) is 2.96. The maximum atomic E-state index is 5.86. The third-order valence-electron chi connectivity index (χ3n) is 4.07. The van der Waals surface area contributed by atoms with Crippen molar-refractivity contribution in [3.05, 3.63) is 24.2 Å². The normalized spacial score (nSPS) is 26.8. The Hall–Kier alpha value is -0.840. The lowest BCUT2D eigenvalue weighted by molar-refractivity contribution is -0.0779. The van der Waals surface area contributed by atoms with Crippen LogP contribution in [0, 0.1) is 0 Å². The van der Waals surface area contributed by atoms with Gasteiger partial charge in [-0.05, 0) is 51.3 Å². The molecule has 2 heterocycles. The molecule has 1 N–H and O–H groups in total. The summed E-state index contributed by atoms with van der Waals surface area (Å²) in [5.41, 5.74) is 0.0612. The third-order valence-corrected chi connectivity index (χ3v) is 4.07. The monoisotopic (exact) mass is 281 g/mol. The van der Waals surface area contributed by atoms with Crippen LogP contribution in [0.15, 0.2) is 22.8 Å². The number of hydrogen-bond acceptors (Lipinski definition) is 4. The highest BCUT2D eigenvalue weighted by Gasteiger charge is 2.31. The minimum absolute atomic E-state index is 0.0612. The number of rotatable bonds is 8. The van der Waals surface area contributed by atoms with Gasteiger partial charge in [-0.25, -0.2) is 0 Å². The van der Waals surface area contributed by atoms with Crippen molar-refractivity contribution in [2.45, 2.75) is 57.8 Å². The smallest absolute Gasteiger partial charge is 0.129 e. The van der Waals surface area contributed by atoms with Crippen LogP contribution >= 0.6 is 0 Å². The standard InChI is InChI=1S/C16H27NO3/c1-3-16(2)12-14(7-11-20-16)17-8-5-9-18-13-15-6-4-10-19-15/h4,6,10,14,17H,3,5,7-9,11-13H2,1-2H3. The molecule has 0 bridgehead atoms. The maximum Gasteiger partial charge on any atom is 0.129 e. The van der Waals surface area contributed by atoms with Crippen molar-refractivity contribution in [1.29, 1.82) is 0 Å². The topological polar surface area (TPSA) is 43.6 Å². The highest BCUT2D eigenvalue weighted by Crippen LogP contribution is 2.27. The molecule has 1 fully saturated rings. The molecule has 2 rings (SSSR count). The summed E-state index contributed by atoms with van der Waals surface area (Å²) in [6, 6.07) is 4.40. The van der Waals surface area contributed by atoms with Crippen LogP contribution in [-0.4, -0.2) is 31.4 Å². The van der Waals surface area contributed by atoms with E-state index in [4.69, 9.17) is 13.9 Å². The van der Waals surface area contributed by atoms with Crippen molar-refractivity contribution >= 4 is 0 Å². The van der Waals surface area contributed by atoms with Crippen LogP contribution in [0.1, 0.15) is 45.3 Å². The van der Waals surface area contributed by atoms with Gasteiger partial charge in [-0.3, -0.25) is 0 Å². The maximum absolute atomic E-state index is 5.86. The molecule has 2 atom stereocenters. The van der Waals surface area contributed by atoms with Gasteiger partial charge >= 0.3 is 0 Å². The molecule has 4 heteroatoms. The summed E-state index contributed by atoms with van der Waals surface area (Å²) in [5.74, 6) is 0.890. The first-order chi connectivity index (χ1) is 9.72. The zero-order valence-corrected chi connectivity index (χ0v) is 12.7. The van der Waals surface area contributed by atoms with Crippen molar-refractivity contribution in [2.75, 3.05) is 19.8 Å². The second-order valence-corrected chi connectivity index (χ2v) is 5.78. The lowest BCUT2D eigenvalue weighted by Gasteiger charge is -2.38. The Labute approximate surface area is 121 Å². The van der Waals surface area contributed by atoms with Gasteiger partial charge < -0.3 is 19.2 Å². The highest BCUT2D eigenvalue weighted by atomic mass is 16.5. The van der Waals surface area contributed by atoms with Gasteiger partial charge in [-0.15, -0.1) is 0 Å². The summed E-state index contributed by atoms with van der Waals surface area (Å²) in [5, 5.41) is 3.62. The first-order valence-corrected chi connectivity index (χ1v) is 7.69. The molecule has 4 nitrogen and oxygen atoms in total. The van der Waals surface area contributed by atoms with E-state index < -0.39 is 0 Å². The fourth-order valence-corrected chi connectivity index (χ4v) is 2.60. The molecule has 20 heavy (non-hydrogen) atoms. The molecule has 1 saturated heterocycles. The molecule has 0 aliphatic carbocycles. The number of hydrogen-bond donors (Lipinski definition) is 1. The first-order valence-electron chi connectivity index (χ1n) is 7.69. The van der Waals surface area contributed by atoms with Gasteiger partial charge in [0.1, 0.15) is 12.4 Å². The SMILES string of the molecule is CCC1(C)CC(NCCCOCc2ccco2)CCO1. The van der Waals surface area contributed by atoms with Crippen molar-refractivity contribution in [3.8, 4) is 0 Å². The summed E-state index contributed by atoms with van der Waals surface area (Å²) < 4.78 is 16.6. The Morgan fingerprint density at radius 2 is 2.40 bits per heavy atom. The van der Waals surface area contributed by atoms with E-state index in [0.717, 1.165) is 51.2 Å². The third kappa shape index (κ3) is 4.93. The van der Waals surface area contributed by atoms with Crippen LogP contribution < -0.4 is 5.32 Å². The molecule has 1 aromatic heterocycles. The van der Waals surface area contributed by atoms with Gasteiger partial charge in [0.15, 0.2) is 0 Å². The van der Waals surface area contributed by atoms with Gasteiger partial charge in [-0.1, -0.05) is 6.92 Å². The Bertz CT molecular complexity index is 366. The first kappa shape index (κ1) is 15.5. The van der Waals surface area contributed by atoms with Crippen LogP contribution in [0.3, 0.4) is 0 Å². The average molecular weight is 281 g/mol. The van der Waals surface area contributed by atoms with E-state index in [-0.39, 0.29) is 5.60 Å². The summed E-state index contributed by atoms with van der Waals surface area (Å²) in [4.78, 5) is 0. The van der Waals surface area contributed by atoms with Gasteiger partial charge in [0, 0.05) is 19.3 Å². The Morgan fingerprint density at radius 3 is 3.15 bits per heavy atom. The number of ether oxygens (including phenoxy) is 2. The minimum Gasteiger partial charge on any atom is -0.467 e. The fraction of sp³-hybridized carbons (Fsp3) is 0.750. The molecule has 1 aliphatic rings. The molecule has 0 radical (unpaired) electrons. The van der Waals surface area contributed by atoms with E-state index >= 15 is 0 Å². The van der Waals surface area contributed by atoms with Crippen molar-refractivity contribution in [1.82, 2.24) is 5.32 Å². The van der Waals surface area contributed by atoms with Crippen molar-refractivity contribution < 1.29 is 13.9 Å². The van der Waals surface area contributed by atoms with Gasteiger partial charge in [0.05, 0.1) is 11.9 Å².